The van der Waals surface area contributed by atoms with E-state index in [0.29, 0.717) is 49.1 Å². The van der Waals surface area contributed by atoms with E-state index in [1.807, 2.05) is 102 Å². The van der Waals surface area contributed by atoms with Gasteiger partial charge < -0.3 is 46.0 Å². The van der Waals surface area contributed by atoms with Gasteiger partial charge in [-0.05, 0) is 119 Å². The fraction of sp³-hybridized carbons (Fsp3) is 0.375. The fourth-order valence-corrected chi connectivity index (χ4v) is 8.88. The van der Waals surface area contributed by atoms with Gasteiger partial charge >= 0.3 is 5.97 Å². The van der Waals surface area contributed by atoms with Crippen LogP contribution in [0.4, 0.5) is 17.1 Å². The highest BCUT2D eigenvalue weighted by Crippen LogP contribution is 2.25. The number of carbonyl (C=O) groups is 5. The van der Waals surface area contributed by atoms with Crippen LogP contribution < -0.4 is 31.1 Å². The van der Waals surface area contributed by atoms with Gasteiger partial charge in [-0.2, -0.15) is 0 Å². The van der Waals surface area contributed by atoms with E-state index in [4.69, 9.17) is 34.0 Å². The molecule has 16 heteroatoms. The Morgan fingerprint density at radius 1 is 0.556 bits per heavy atom. The third kappa shape index (κ3) is 17.3. The lowest BCUT2D eigenvalue weighted by atomic mass is 10.0. The van der Waals surface area contributed by atoms with E-state index in [9.17, 15) is 24.0 Å². The van der Waals surface area contributed by atoms with Crippen LogP contribution in [-0.4, -0.2) is 149 Å². The topological polar surface area (TPSA) is 172 Å². The molecule has 1 amide bonds. The van der Waals surface area contributed by atoms with E-state index >= 15 is 0 Å². The summed E-state index contributed by atoms with van der Waals surface area (Å²) in [4.78, 5) is 69.1. The number of hydrogen-bond acceptors (Lipinski definition) is 12. The molecule has 5 N–H and O–H groups in total. The van der Waals surface area contributed by atoms with E-state index in [1.165, 1.54) is 0 Å². The second-order valence-electron chi connectivity index (χ2n) is 18.0. The molecular formula is C56H70Cl2N8O6. The maximum Gasteiger partial charge on any atom is 0.321 e. The predicted octanol–water partition coefficient (Wildman–Crippen LogP) is 7.26. The van der Waals surface area contributed by atoms with Crippen LogP contribution >= 0.6 is 23.2 Å². The van der Waals surface area contributed by atoms with E-state index < -0.39 is 18.1 Å². The maximum absolute atomic E-state index is 12.7. The fourth-order valence-electron chi connectivity index (χ4n) is 8.63. The number of piperazine rings is 3. The number of nitrogens with one attached hydrogen (secondary N) is 2. The van der Waals surface area contributed by atoms with Gasteiger partial charge in [0.1, 0.15) is 6.04 Å². The number of hydrogen-bond donors (Lipinski definition) is 4. The Kier molecular flexibility index (Phi) is 22.7. The number of ketones is 3. The van der Waals surface area contributed by atoms with Crippen molar-refractivity contribution in [1.29, 1.82) is 0 Å². The molecule has 3 fully saturated rings. The summed E-state index contributed by atoms with van der Waals surface area (Å²) in [7, 11) is 3.77. The lowest BCUT2D eigenvalue weighted by molar-refractivity contribution is -0.139. The summed E-state index contributed by atoms with van der Waals surface area (Å²) in [5, 5.41) is 16.2. The lowest BCUT2D eigenvalue weighted by Crippen LogP contribution is -2.53. The molecule has 5 aromatic carbocycles. The molecule has 0 radical (unpaired) electrons. The number of carboxylic acid groups (broad SMARTS) is 1. The van der Waals surface area contributed by atoms with Crippen LogP contribution in [0.15, 0.2) is 121 Å². The number of Topliss-reactive ketones (excluding diaryl/α,β-unsaturated/α-hetero) is 3. The Morgan fingerprint density at radius 3 is 1.29 bits per heavy atom. The van der Waals surface area contributed by atoms with Gasteiger partial charge in [-0.3, -0.25) is 24.0 Å². The number of nitrogens with zero attached hydrogens (tertiary/aromatic N) is 5. The predicted molar refractivity (Wildman–Crippen MR) is 292 cm³/mol. The standard InChI is InChI=1S/C21H24ClN3O2.C13H18N2O.C12H16N2O.C10H12ClNO2/c1-15(26)18-4-2-3-5-20(18)24-10-12-25(13-11-24)21(27)19(23)14-16-6-8-17(22)9-7-16;1-11(16)12-5-3-4-6-13(12)15-9-7-14(2)8-10-15;1-10(15)11-4-2-3-5-12(11)14-8-6-13-7-9-14;1-12-9(10(13)14)6-7-2-4-8(11)5-3-7/h2-9,19H,10-14,23H2,1H3;3-6H,7-10H2,1-2H3;2-5,13H,6-9H2,1H3;2-5,9,12H,6H2,1H3,(H,13,14)/t19-;;;9-/m0..1/s1. The van der Waals surface area contributed by atoms with Gasteiger partial charge in [-0.15, -0.1) is 0 Å². The van der Waals surface area contributed by atoms with Crippen molar-refractivity contribution in [3.8, 4) is 0 Å². The maximum atomic E-state index is 12.7. The van der Waals surface area contributed by atoms with Crippen molar-refractivity contribution < 1.29 is 29.1 Å². The molecule has 3 aliphatic rings. The summed E-state index contributed by atoms with van der Waals surface area (Å²) in [5.41, 5.74) is 13.6. The van der Waals surface area contributed by atoms with Crippen LogP contribution in [0, 0.1) is 0 Å². The highest BCUT2D eigenvalue weighted by Gasteiger charge is 2.27. The first-order valence-corrected chi connectivity index (χ1v) is 25.2. The first-order chi connectivity index (χ1) is 34.6. The first kappa shape index (κ1) is 56.8. The first-order valence-electron chi connectivity index (χ1n) is 24.4. The summed E-state index contributed by atoms with van der Waals surface area (Å²) >= 11 is 11.6. The molecule has 0 saturated carbocycles. The molecule has 384 valence electrons. The largest absolute Gasteiger partial charge is 0.480 e. The van der Waals surface area contributed by atoms with Crippen LogP contribution in [0.5, 0.6) is 0 Å². The molecule has 14 nitrogen and oxygen atoms in total. The third-order valence-electron chi connectivity index (χ3n) is 12.8. The van der Waals surface area contributed by atoms with Crippen molar-refractivity contribution >= 4 is 69.5 Å². The summed E-state index contributed by atoms with van der Waals surface area (Å²) in [6.07, 6.45) is 0.951. The third-order valence-corrected chi connectivity index (χ3v) is 13.3. The minimum absolute atomic E-state index is 0.0375. The van der Waals surface area contributed by atoms with Crippen molar-refractivity contribution in [2.75, 3.05) is 107 Å². The second-order valence-corrected chi connectivity index (χ2v) is 18.9. The molecule has 0 bridgehead atoms. The zero-order valence-corrected chi connectivity index (χ0v) is 43.7. The molecule has 8 rings (SSSR count). The summed E-state index contributed by atoms with van der Waals surface area (Å²) < 4.78 is 0. The van der Waals surface area contributed by atoms with Crippen LogP contribution in [0.1, 0.15) is 63.0 Å². The molecule has 0 unspecified atom stereocenters. The van der Waals surface area contributed by atoms with Crippen LogP contribution in [-0.2, 0) is 22.4 Å². The number of carbonyl (C=O) groups excluding carboxylic acids is 4. The van der Waals surface area contributed by atoms with E-state index in [1.54, 1.807) is 52.1 Å². The van der Waals surface area contributed by atoms with Crippen LogP contribution in [0.3, 0.4) is 0 Å². The normalized spacial score (nSPS) is 15.6. The zero-order valence-electron chi connectivity index (χ0n) is 42.2. The Morgan fingerprint density at radius 2 is 0.917 bits per heavy atom. The van der Waals surface area contributed by atoms with Gasteiger partial charge in [0.15, 0.2) is 17.3 Å². The smallest absolute Gasteiger partial charge is 0.321 e. The quantitative estimate of drug-likeness (QED) is 0.0871. The number of benzene rings is 5. The molecule has 5 aromatic rings. The molecular weight excluding hydrogens is 952 g/mol. The minimum atomic E-state index is -0.845. The molecule has 3 saturated heterocycles. The van der Waals surface area contributed by atoms with E-state index in [0.717, 1.165) is 97.2 Å². The van der Waals surface area contributed by atoms with Gasteiger partial charge in [0, 0.05) is 122 Å². The Hall–Kier alpha value is -6.13. The van der Waals surface area contributed by atoms with Gasteiger partial charge in [-0.25, -0.2) is 0 Å². The summed E-state index contributed by atoms with van der Waals surface area (Å²) in [6.45, 7) is 15.5. The monoisotopic (exact) mass is 1020 g/mol. The van der Waals surface area contributed by atoms with Gasteiger partial charge in [0.05, 0.1) is 6.04 Å². The van der Waals surface area contributed by atoms with Gasteiger partial charge in [0.25, 0.3) is 0 Å². The van der Waals surface area contributed by atoms with Gasteiger partial charge in [0.2, 0.25) is 5.91 Å². The number of nitrogens with two attached hydrogens (primary N) is 1. The van der Waals surface area contributed by atoms with E-state index in [2.05, 4.69) is 37.3 Å². The number of para-hydroxylation sites is 3. The van der Waals surface area contributed by atoms with E-state index in [-0.39, 0.29) is 23.3 Å². The Balaban J connectivity index is 0.000000186. The highest BCUT2D eigenvalue weighted by atomic mass is 35.5. The molecule has 0 aliphatic carbocycles. The molecule has 3 heterocycles. The molecule has 2 atom stereocenters. The Labute approximate surface area is 435 Å². The van der Waals surface area contributed by atoms with Crippen LogP contribution in [0.25, 0.3) is 0 Å². The average Bonchev–Trinajstić information content (AvgIpc) is 3.40. The van der Waals surface area contributed by atoms with Crippen molar-refractivity contribution in [2.24, 2.45) is 5.73 Å². The molecule has 3 aliphatic heterocycles. The summed E-state index contributed by atoms with van der Waals surface area (Å²) in [5.74, 6) is -0.542. The van der Waals surface area contributed by atoms with Crippen molar-refractivity contribution in [3.05, 3.63) is 159 Å². The zero-order chi connectivity index (χ0) is 52.2. The lowest BCUT2D eigenvalue weighted by Gasteiger charge is -2.37. The second kappa shape index (κ2) is 28.8. The average molecular weight is 1020 g/mol. The van der Waals surface area contributed by atoms with Gasteiger partial charge in [-0.1, -0.05) is 83.9 Å². The number of amides is 1. The van der Waals surface area contributed by atoms with Crippen molar-refractivity contribution in [2.45, 2.75) is 45.7 Å². The Bertz CT molecular complexity index is 2540. The van der Waals surface area contributed by atoms with Crippen molar-refractivity contribution in [3.63, 3.8) is 0 Å². The number of rotatable bonds is 13. The van der Waals surface area contributed by atoms with Crippen LogP contribution in [0.2, 0.25) is 10.0 Å². The molecule has 0 spiro atoms. The number of carboxylic acids is 1. The number of anilines is 3. The SMILES string of the molecule is CC(=O)c1ccccc1N1CCN(C(=O)[C@@H](N)Cc2ccc(Cl)cc2)CC1.CC(=O)c1ccccc1N1CCN(C)CC1.CC(=O)c1ccccc1N1CCNCC1.CN[C@H](Cc1ccc(Cl)cc1)C(=O)O. The highest BCUT2D eigenvalue weighted by molar-refractivity contribution is 6.30. The molecule has 72 heavy (non-hydrogen) atoms. The molecule has 0 aromatic heterocycles. The number of halogens is 2. The summed E-state index contributed by atoms with van der Waals surface area (Å²) in [6, 6.07) is 36.8. The number of likely N-dealkylation sites (N-methyl/N-ethyl adjacent to an activating group) is 2. The number of aliphatic carboxylic acids is 1. The minimum Gasteiger partial charge on any atom is -0.480 e. The van der Waals surface area contributed by atoms with Crippen molar-refractivity contribution in [1.82, 2.24) is 20.4 Å².